The van der Waals surface area contributed by atoms with Crippen LogP contribution in [0.4, 0.5) is 5.00 Å². The molecule has 0 unspecified atom stereocenters. The highest BCUT2D eigenvalue weighted by atomic mass is 32.1. The fourth-order valence-corrected chi connectivity index (χ4v) is 5.34. The maximum Gasteiger partial charge on any atom is 0.251 e. The lowest BCUT2D eigenvalue weighted by Gasteiger charge is -2.31. The fraction of sp³-hybridized carbons (Fsp3) is 0.316. The van der Waals surface area contributed by atoms with Gasteiger partial charge < -0.3 is 11.1 Å². The van der Waals surface area contributed by atoms with Gasteiger partial charge in [-0.15, -0.1) is 22.7 Å². The SMILES string of the molecule is NC(=O)c1ccsc1NC(=O)CN1CCC[C@@H](c2nc3ccccc3s2)C1. The zero-order chi connectivity index (χ0) is 18.8. The van der Waals surface area contributed by atoms with Crippen molar-refractivity contribution >= 4 is 49.7 Å². The summed E-state index contributed by atoms with van der Waals surface area (Å²) < 4.78 is 1.21. The summed E-state index contributed by atoms with van der Waals surface area (Å²) in [5.74, 6) is -0.294. The van der Waals surface area contributed by atoms with E-state index in [9.17, 15) is 9.59 Å². The van der Waals surface area contributed by atoms with Crippen molar-refractivity contribution in [2.45, 2.75) is 18.8 Å². The number of anilines is 1. The first kappa shape index (κ1) is 18.1. The van der Waals surface area contributed by atoms with Gasteiger partial charge in [0.25, 0.3) is 5.91 Å². The van der Waals surface area contributed by atoms with E-state index in [4.69, 9.17) is 10.7 Å². The molecule has 1 saturated heterocycles. The second kappa shape index (κ2) is 7.75. The minimum atomic E-state index is -0.527. The summed E-state index contributed by atoms with van der Waals surface area (Å²) in [5, 5.41) is 6.24. The molecule has 1 atom stereocenters. The number of thiazole rings is 1. The Morgan fingerprint density at radius 3 is 2.96 bits per heavy atom. The van der Waals surface area contributed by atoms with Crippen molar-refractivity contribution in [2.24, 2.45) is 5.73 Å². The Labute approximate surface area is 165 Å². The molecule has 3 heterocycles. The van der Waals surface area contributed by atoms with E-state index in [1.165, 1.54) is 16.0 Å². The van der Waals surface area contributed by atoms with Crippen molar-refractivity contribution in [1.29, 1.82) is 0 Å². The van der Waals surface area contributed by atoms with Crippen LogP contribution in [0.5, 0.6) is 0 Å². The molecule has 4 rings (SSSR count). The number of amides is 2. The van der Waals surface area contributed by atoms with Crippen molar-refractivity contribution in [1.82, 2.24) is 9.88 Å². The molecule has 3 N–H and O–H groups in total. The van der Waals surface area contributed by atoms with Crippen LogP contribution in [0.2, 0.25) is 0 Å². The van der Waals surface area contributed by atoms with E-state index in [0.29, 0.717) is 23.0 Å². The number of nitrogens with zero attached hydrogens (tertiary/aromatic N) is 2. The van der Waals surface area contributed by atoms with E-state index in [1.54, 1.807) is 22.8 Å². The standard InChI is InChI=1S/C19H20N4O2S2/c20-17(25)13-7-9-26-19(13)22-16(24)11-23-8-3-4-12(10-23)18-21-14-5-1-2-6-15(14)27-18/h1-2,5-7,9,12H,3-4,8,10-11H2,(H2,20,25)(H,22,24)/t12-/m1/s1. The third kappa shape index (κ3) is 4.02. The first-order valence-corrected chi connectivity index (χ1v) is 10.5. The molecule has 1 aromatic carbocycles. The Morgan fingerprint density at radius 2 is 2.15 bits per heavy atom. The second-order valence-corrected chi connectivity index (χ2v) is 8.65. The van der Waals surface area contributed by atoms with E-state index in [1.807, 2.05) is 18.2 Å². The van der Waals surface area contributed by atoms with Crippen LogP contribution in [0.25, 0.3) is 10.2 Å². The normalized spacial score (nSPS) is 17.9. The summed E-state index contributed by atoms with van der Waals surface area (Å²) in [7, 11) is 0. The maximum atomic E-state index is 12.4. The van der Waals surface area contributed by atoms with Crippen LogP contribution in [0, 0.1) is 0 Å². The first-order chi connectivity index (χ1) is 13.1. The van der Waals surface area contributed by atoms with E-state index >= 15 is 0 Å². The van der Waals surface area contributed by atoms with E-state index < -0.39 is 5.91 Å². The molecule has 1 fully saturated rings. The number of hydrogen-bond acceptors (Lipinski definition) is 6. The molecule has 8 heteroatoms. The van der Waals surface area contributed by atoms with Crippen molar-refractivity contribution < 1.29 is 9.59 Å². The van der Waals surface area contributed by atoms with Crippen LogP contribution in [0.3, 0.4) is 0 Å². The molecule has 0 aliphatic carbocycles. The number of nitrogens with two attached hydrogens (primary N) is 1. The Balaban J connectivity index is 1.40. The van der Waals surface area contributed by atoms with Crippen LogP contribution < -0.4 is 11.1 Å². The Bertz CT molecular complexity index is 948. The highest BCUT2D eigenvalue weighted by Gasteiger charge is 2.25. The average Bonchev–Trinajstić information content (AvgIpc) is 3.28. The molecule has 0 bridgehead atoms. The average molecular weight is 401 g/mol. The number of benzene rings is 1. The van der Waals surface area contributed by atoms with E-state index in [2.05, 4.69) is 16.3 Å². The van der Waals surface area contributed by atoms with Gasteiger partial charge in [-0.05, 0) is 43.0 Å². The Morgan fingerprint density at radius 1 is 1.30 bits per heavy atom. The lowest BCUT2D eigenvalue weighted by molar-refractivity contribution is -0.117. The summed E-state index contributed by atoms with van der Waals surface area (Å²) in [4.78, 5) is 30.8. The first-order valence-electron chi connectivity index (χ1n) is 8.85. The summed E-state index contributed by atoms with van der Waals surface area (Å²) >= 11 is 3.05. The monoisotopic (exact) mass is 400 g/mol. The number of para-hydroxylation sites is 1. The van der Waals surface area contributed by atoms with E-state index in [0.717, 1.165) is 36.5 Å². The van der Waals surface area contributed by atoms with Gasteiger partial charge in [-0.2, -0.15) is 0 Å². The third-order valence-corrected chi connectivity index (χ3v) is 6.74. The number of carbonyl (C=O) groups is 2. The number of primary amides is 1. The zero-order valence-corrected chi connectivity index (χ0v) is 16.3. The van der Waals surface area contributed by atoms with Gasteiger partial charge in [0, 0.05) is 12.5 Å². The van der Waals surface area contributed by atoms with Gasteiger partial charge in [-0.1, -0.05) is 12.1 Å². The fourth-order valence-electron chi connectivity index (χ4n) is 3.43. The maximum absolute atomic E-state index is 12.4. The summed E-state index contributed by atoms with van der Waals surface area (Å²) in [6, 6.07) is 9.82. The Kier molecular flexibility index (Phi) is 5.20. The number of rotatable bonds is 5. The molecule has 2 amide bonds. The lowest BCUT2D eigenvalue weighted by atomic mass is 9.99. The molecule has 6 nitrogen and oxygen atoms in total. The van der Waals surface area contributed by atoms with E-state index in [-0.39, 0.29) is 5.91 Å². The van der Waals surface area contributed by atoms with Crippen LogP contribution in [0.1, 0.15) is 34.1 Å². The molecule has 140 valence electrons. The van der Waals surface area contributed by atoms with Gasteiger partial charge in [0.15, 0.2) is 0 Å². The van der Waals surface area contributed by atoms with Gasteiger partial charge in [0.05, 0.1) is 27.3 Å². The summed E-state index contributed by atoms with van der Waals surface area (Å²) in [5.41, 5.74) is 6.74. The van der Waals surface area contributed by atoms with Crippen LogP contribution >= 0.6 is 22.7 Å². The van der Waals surface area contributed by atoms with Crippen molar-refractivity contribution in [3.63, 3.8) is 0 Å². The zero-order valence-electron chi connectivity index (χ0n) is 14.7. The third-order valence-electron chi connectivity index (χ3n) is 4.72. The van der Waals surface area contributed by atoms with Gasteiger partial charge in [0.1, 0.15) is 5.00 Å². The molecule has 1 aliphatic heterocycles. The molecule has 2 aromatic heterocycles. The molecule has 0 radical (unpaired) electrons. The molecule has 27 heavy (non-hydrogen) atoms. The Hall–Kier alpha value is -2.29. The van der Waals surface area contributed by atoms with Crippen LogP contribution in [0.15, 0.2) is 35.7 Å². The quantitative estimate of drug-likeness (QED) is 0.688. The number of piperidine rings is 1. The number of aromatic nitrogens is 1. The topological polar surface area (TPSA) is 88.3 Å². The lowest BCUT2D eigenvalue weighted by Crippen LogP contribution is -2.39. The molecule has 1 aliphatic rings. The number of hydrogen-bond donors (Lipinski definition) is 2. The predicted octanol–water partition coefficient (Wildman–Crippen LogP) is 3.27. The summed E-state index contributed by atoms with van der Waals surface area (Å²) in [6.45, 7) is 2.01. The highest BCUT2D eigenvalue weighted by molar-refractivity contribution is 7.18. The van der Waals surface area contributed by atoms with Crippen LogP contribution in [-0.4, -0.2) is 41.3 Å². The molecule has 3 aromatic rings. The minimum Gasteiger partial charge on any atom is -0.366 e. The van der Waals surface area contributed by atoms with Crippen molar-refractivity contribution in [3.05, 3.63) is 46.3 Å². The second-order valence-electron chi connectivity index (χ2n) is 6.67. The number of fused-ring (bicyclic) bond motifs is 1. The molecular weight excluding hydrogens is 380 g/mol. The highest BCUT2D eigenvalue weighted by Crippen LogP contribution is 2.33. The molecular formula is C19H20N4O2S2. The molecule has 0 spiro atoms. The number of carbonyl (C=O) groups excluding carboxylic acids is 2. The molecule has 0 saturated carbocycles. The number of nitrogens with one attached hydrogen (secondary N) is 1. The smallest absolute Gasteiger partial charge is 0.251 e. The minimum absolute atomic E-state index is 0.120. The van der Waals surface area contributed by atoms with Crippen LogP contribution in [-0.2, 0) is 4.79 Å². The largest absolute Gasteiger partial charge is 0.366 e. The van der Waals surface area contributed by atoms with Gasteiger partial charge >= 0.3 is 0 Å². The predicted molar refractivity (Wildman–Crippen MR) is 110 cm³/mol. The number of thiophene rings is 1. The van der Waals surface area contributed by atoms with Gasteiger partial charge in [-0.3, -0.25) is 14.5 Å². The van der Waals surface area contributed by atoms with Crippen molar-refractivity contribution in [2.75, 3.05) is 25.0 Å². The van der Waals surface area contributed by atoms with Gasteiger partial charge in [-0.25, -0.2) is 4.98 Å². The summed E-state index contributed by atoms with van der Waals surface area (Å²) in [6.07, 6.45) is 2.13. The van der Waals surface area contributed by atoms with Crippen molar-refractivity contribution in [3.8, 4) is 0 Å². The number of likely N-dealkylation sites (tertiary alicyclic amines) is 1. The van der Waals surface area contributed by atoms with Gasteiger partial charge in [0.2, 0.25) is 5.91 Å².